The van der Waals surface area contributed by atoms with E-state index in [0.717, 1.165) is 55.1 Å². The van der Waals surface area contributed by atoms with Crippen LogP contribution >= 0.6 is 0 Å². The molecular weight excluding hydrogens is 655 g/mol. The highest BCUT2D eigenvalue weighted by molar-refractivity contribution is 6.40. The van der Waals surface area contributed by atoms with Crippen molar-refractivity contribution in [1.82, 2.24) is 9.97 Å². The number of para-hydroxylation sites is 2. The fourth-order valence-electron chi connectivity index (χ4n) is 6.85. The van der Waals surface area contributed by atoms with E-state index < -0.39 is 15.1 Å². The Kier molecular flexibility index (Phi) is 8.25. The molecule has 0 spiro atoms. The maximum Gasteiger partial charge on any atom is 1.20 e. The molecule has 0 fully saturated rings. The van der Waals surface area contributed by atoms with Crippen molar-refractivity contribution in [3.63, 3.8) is 0 Å². The van der Waals surface area contributed by atoms with E-state index in [4.69, 9.17) is 21.3 Å². The van der Waals surface area contributed by atoms with Crippen molar-refractivity contribution in [3.8, 4) is 39.5 Å². The molecule has 2 heterocycles. The summed E-state index contributed by atoms with van der Waals surface area (Å²) < 4.78 is 20.3. The van der Waals surface area contributed by atoms with E-state index in [1.54, 1.807) is 0 Å². The van der Waals surface area contributed by atoms with E-state index in [-0.39, 0.29) is 0 Å². The van der Waals surface area contributed by atoms with Crippen LogP contribution in [0.2, 0.25) is 0 Å². The van der Waals surface area contributed by atoms with E-state index in [0.29, 0.717) is 17.2 Å². The van der Waals surface area contributed by atoms with Gasteiger partial charge in [-0.05, 0) is 88.7 Å². The summed E-state index contributed by atoms with van der Waals surface area (Å²) in [6, 6.07) is 56.3. The zero-order valence-corrected chi connectivity index (χ0v) is 29.9. The van der Waals surface area contributed by atoms with Gasteiger partial charge in [0.1, 0.15) is 22.5 Å². The fraction of sp³-hybridized carbons (Fsp3) is 0.0435. The van der Waals surface area contributed by atoms with Crippen LogP contribution in [0.3, 0.4) is 0 Å². The first-order chi connectivity index (χ1) is 25.6. The van der Waals surface area contributed by atoms with Crippen LogP contribution in [0.1, 0.15) is 11.4 Å². The van der Waals surface area contributed by atoms with Crippen LogP contribution in [-0.2, 0) is 0 Å². The normalized spacial score (nSPS) is 11.3. The Morgan fingerprint density at radius 1 is 0.385 bits per heavy atom. The Bertz CT molecular complexity index is 2680. The maximum atomic E-state index is 6.84. The zero-order valence-electron chi connectivity index (χ0n) is 28.8. The van der Waals surface area contributed by atoms with E-state index in [1.807, 2.05) is 74.5 Å². The average molecular weight is 689 g/mol. The summed E-state index contributed by atoms with van der Waals surface area (Å²) in [5.41, 5.74) is 7.98. The SMILES string of the molecule is Cc1ccc2cccc([O][Al]([O]c3ccc(-c4ccc(-c5ccc6ccccc6c5)cc4)c4ccccc34)[O]c3cccc4ccc(C)nc34)c2n1. The Morgan fingerprint density at radius 2 is 0.904 bits per heavy atom. The first-order valence-corrected chi connectivity index (χ1v) is 18.8. The highest BCUT2D eigenvalue weighted by Crippen LogP contribution is 2.37. The fourth-order valence-corrected chi connectivity index (χ4v) is 8.20. The van der Waals surface area contributed by atoms with Gasteiger partial charge in [-0.15, -0.1) is 0 Å². The van der Waals surface area contributed by atoms with Crippen LogP contribution in [0.5, 0.6) is 17.2 Å². The van der Waals surface area contributed by atoms with Crippen LogP contribution in [0, 0.1) is 13.8 Å². The molecule has 0 amide bonds. The minimum atomic E-state index is -3.00. The monoisotopic (exact) mass is 688 g/mol. The molecule has 0 N–H and O–H groups in total. The van der Waals surface area contributed by atoms with Crippen LogP contribution in [-0.4, -0.2) is 25.1 Å². The molecule has 9 rings (SSSR count). The molecule has 0 aliphatic heterocycles. The lowest BCUT2D eigenvalue weighted by Gasteiger charge is -2.20. The van der Waals surface area contributed by atoms with E-state index in [2.05, 4.69) is 103 Å². The summed E-state index contributed by atoms with van der Waals surface area (Å²) in [5, 5.41) is 6.50. The lowest BCUT2D eigenvalue weighted by molar-refractivity contribution is 0.311. The Balaban J connectivity index is 1.08. The number of hydrogen-bond donors (Lipinski definition) is 0. The summed E-state index contributed by atoms with van der Waals surface area (Å²) in [7, 11) is 0. The van der Waals surface area contributed by atoms with E-state index >= 15 is 0 Å². The van der Waals surface area contributed by atoms with E-state index in [9.17, 15) is 0 Å². The second-order valence-corrected chi connectivity index (χ2v) is 14.3. The van der Waals surface area contributed by atoms with Gasteiger partial charge < -0.3 is 11.4 Å². The number of aryl methyl sites for hydroxylation is 2. The van der Waals surface area contributed by atoms with Gasteiger partial charge in [0.05, 0.1) is 5.75 Å². The van der Waals surface area contributed by atoms with Gasteiger partial charge in [0.2, 0.25) is 0 Å². The predicted octanol–water partition coefficient (Wildman–Crippen LogP) is 11.6. The van der Waals surface area contributed by atoms with Gasteiger partial charge >= 0.3 is 15.1 Å². The average Bonchev–Trinajstić information content (AvgIpc) is 3.18. The van der Waals surface area contributed by atoms with Crippen molar-refractivity contribution in [2.75, 3.05) is 0 Å². The van der Waals surface area contributed by atoms with E-state index in [1.165, 1.54) is 21.9 Å². The van der Waals surface area contributed by atoms with Gasteiger partial charge in [-0.3, -0.25) is 0 Å². The topological polar surface area (TPSA) is 53.5 Å². The third-order valence-corrected chi connectivity index (χ3v) is 10.8. The second-order valence-electron chi connectivity index (χ2n) is 13.0. The van der Waals surface area contributed by atoms with Crippen LogP contribution in [0.25, 0.3) is 65.6 Å². The molecular formula is C46H33AlN2O3. The van der Waals surface area contributed by atoms with Crippen molar-refractivity contribution < 1.29 is 11.4 Å². The summed E-state index contributed by atoms with van der Waals surface area (Å²) in [5.74, 6) is 1.93. The van der Waals surface area contributed by atoms with Crippen molar-refractivity contribution in [2.24, 2.45) is 0 Å². The lowest BCUT2D eigenvalue weighted by atomic mass is 9.95. The highest BCUT2D eigenvalue weighted by atomic mass is 27.3. The lowest BCUT2D eigenvalue weighted by Crippen LogP contribution is -2.37. The molecule has 5 nitrogen and oxygen atoms in total. The molecule has 0 aliphatic carbocycles. The first-order valence-electron chi connectivity index (χ1n) is 17.4. The quantitative estimate of drug-likeness (QED) is 0.149. The minimum absolute atomic E-state index is 0.620. The number of fused-ring (bicyclic) bond motifs is 4. The van der Waals surface area contributed by atoms with Crippen LogP contribution < -0.4 is 11.4 Å². The van der Waals surface area contributed by atoms with Crippen LogP contribution in [0.4, 0.5) is 0 Å². The third-order valence-electron chi connectivity index (χ3n) is 9.48. The smallest absolute Gasteiger partial charge is 0.577 e. The van der Waals surface area contributed by atoms with Crippen molar-refractivity contribution in [1.29, 1.82) is 0 Å². The predicted molar refractivity (Wildman–Crippen MR) is 213 cm³/mol. The molecule has 0 saturated carbocycles. The second kappa shape index (κ2) is 13.5. The van der Waals surface area contributed by atoms with Crippen LogP contribution in [0.15, 0.2) is 164 Å². The molecule has 0 saturated heterocycles. The zero-order chi connectivity index (χ0) is 35.0. The number of aromatic nitrogens is 2. The molecule has 0 atom stereocenters. The molecule has 9 aromatic rings. The summed E-state index contributed by atoms with van der Waals surface area (Å²) in [4.78, 5) is 9.62. The highest BCUT2D eigenvalue weighted by Gasteiger charge is 2.45. The molecule has 0 bridgehead atoms. The molecule has 52 heavy (non-hydrogen) atoms. The Morgan fingerprint density at radius 3 is 1.58 bits per heavy atom. The standard InChI is InChI=1S/C26H18O.2C10H9NO.Al/c27-26-16-15-23(24-7-3-4-8-25(24)26)20-12-9-19(10-13-20)22-14-11-18-5-1-2-6-21(18)17-22;2*1-7-5-6-8-3-2-4-9(12)10(8)11-7;/h1-17,27H;2*2-6,12H,1H3;/q;;;+3/p-3. The Labute approximate surface area is 307 Å². The summed E-state index contributed by atoms with van der Waals surface area (Å²) in [6.45, 7) is 3.96. The largest absolute Gasteiger partial charge is 1.20 e. The molecule has 0 radical (unpaired) electrons. The van der Waals surface area contributed by atoms with Gasteiger partial charge in [-0.2, -0.15) is 0 Å². The number of benzene rings is 7. The van der Waals surface area contributed by atoms with Gasteiger partial charge in [0.25, 0.3) is 0 Å². The first kappa shape index (κ1) is 31.8. The molecule has 0 unspecified atom stereocenters. The van der Waals surface area contributed by atoms with Gasteiger partial charge in [-0.25, -0.2) is 9.97 Å². The van der Waals surface area contributed by atoms with Crippen molar-refractivity contribution in [3.05, 3.63) is 175 Å². The maximum absolute atomic E-state index is 6.84. The number of nitrogens with zero attached hydrogens (tertiary/aromatic N) is 2. The Hall–Kier alpha value is -6.19. The number of pyridine rings is 2. The number of hydrogen-bond acceptors (Lipinski definition) is 5. The molecule has 6 heteroatoms. The summed E-state index contributed by atoms with van der Waals surface area (Å²) in [6.07, 6.45) is 0. The molecule has 248 valence electrons. The van der Waals surface area contributed by atoms with Gasteiger partial charge in [0, 0.05) is 27.5 Å². The number of rotatable bonds is 8. The summed E-state index contributed by atoms with van der Waals surface area (Å²) >= 11 is -3.00. The minimum Gasteiger partial charge on any atom is -0.577 e. The van der Waals surface area contributed by atoms with Gasteiger partial charge in [0.15, 0.2) is 0 Å². The molecule has 2 aromatic heterocycles. The third kappa shape index (κ3) is 6.20. The van der Waals surface area contributed by atoms with Crippen molar-refractivity contribution in [2.45, 2.75) is 13.8 Å². The molecule has 7 aromatic carbocycles. The molecule has 0 aliphatic rings. The van der Waals surface area contributed by atoms with Gasteiger partial charge in [-0.1, -0.05) is 127 Å². The van der Waals surface area contributed by atoms with Crippen molar-refractivity contribution >= 4 is 58.5 Å².